The van der Waals surface area contributed by atoms with Gasteiger partial charge in [0.25, 0.3) is 0 Å². The molecule has 0 spiro atoms. The van der Waals surface area contributed by atoms with Gasteiger partial charge in [-0.1, -0.05) is 37.2 Å². The molecule has 0 saturated carbocycles. The highest BCUT2D eigenvalue weighted by atomic mass is 32.1. The van der Waals surface area contributed by atoms with E-state index in [-0.39, 0.29) is 6.10 Å². The summed E-state index contributed by atoms with van der Waals surface area (Å²) in [5, 5.41) is 5.37. The molecule has 1 atom stereocenters. The highest BCUT2D eigenvalue weighted by Crippen LogP contribution is 2.26. The lowest BCUT2D eigenvalue weighted by molar-refractivity contribution is 0.259. The van der Waals surface area contributed by atoms with Crippen LogP contribution in [0.15, 0.2) is 36.4 Å². The van der Waals surface area contributed by atoms with Gasteiger partial charge in [-0.15, -0.1) is 6.42 Å². The van der Waals surface area contributed by atoms with E-state index in [4.69, 9.17) is 28.1 Å². The van der Waals surface area contributed by atoms with Gasteiger partial charge < -0.3 is 14.8 Å². The fourth-order valence-electron chi connectivity index (χ4n) is 2.31. The van der Waals surface area contributed by atoms with E-state index in [2.05, 4.69) is 11.2 Å². The highest BCUT2D eigenvalue weighted by Gasteiger charge is 2.21. The molecule has 2 aromatic carbocycles. The third kappa shape index (κ3) is 4.39. The summed E-state index contributed by atoms with van der Waals surface area (Å²) in [6.45, 7) is 5.86. The number of rotatable bonds is 6. The van der Waals surface area contributed by atoms with Crippen molar-refractivity contribution in [2.75, 3.05) is 7.11 Å². The van der Waals surface area contributed by atoms with Crippen molar-refractivity contribution >= 4 is 28.0 Å². The van der Waals surface area contributed by atoms with E-state index in [1.54, 1.807) is 7.11 Å². The minimum Gasteiger partial charge on any atom is -0.497 e. The van der Waals surface area contributed by atoms with Crippen molar-refractivity contribution in [1.29, 1.82) is 0 Å². The van der Waals surface area contributed by atoms with Crippen LogP contribution < -0.4 is 14.8 Å². The first kappa shape index (κ1) is 18.1. The maximum atomic E-state index is 6.08. The summed E-state index contributed by atoms with van der Waals surface area (Å²) in [5.41, 5.74) is -0.495. The average Bonchev–Trinajstić information content (AvgIpc) is 2.58. The zero-order valence-corrected chi connectivity index (χ0v) is 15.4. The number of hydrogen-bond donors (Lipinski definition) is 1. The molecule has 3 nitrogen and oxygen atoms in total. The number of terminal acetylenes is 1. The van der Waals surface area contributed by atoms with Crippen LogP contribution in [-0.2, 0) is 0 Å². The van der Waals surface area contributed by atoms with Gasteiger partial charge in [-0.2, -0.15) is 0 Å². The molecule has 0 heterocycles. The molecule has 0 aliphatic heterocycles. The number of thiocarbonyl (C=S) groups is 1. The van der Waals surface area contributed by atoms with Crippen LogP contribution >= 0.6 is 12.2 Å². The lowest BCUT2D eigenvalue weighted by atomic mass is 10.1. The van der Waals surface area contributed by atoms with Crippen LogP contribution in [0.4, 0.5) is 0 Å². The van der Waals surface area contributed by atoms with Crippen LogP contribution in [0.2, 0.25) is 0 Å². The first-order valence-corrected chi connectivity index (χ1v) is 8.33. The zero-order valence-electron chi connectivity index (χ0n) is 14.6. The molecule has 0 aliphatic rings. The Balaban J connectivity index is 2.20. The van der Waals surface area contributed by atoms with E-state index in [1.165, 1.54) is 0 Å². The van der Waals surface area contributed by atoms with Crippen LogP contribution in [0, 0.1) is 12.3 Å². The predicted octanol–water partition coefficient (Wildman–Crippen LogP) is 4.33. The Bertz CT molecular complexity index is 777. The minimum atomic E-state index is -0.495. The summed E-state index contributed by atoms with van der Waals surface area (Å²) in [6, 6.07) is 11.9. The van der Waals surface area contributed by atoms with Gasteiger partial charge in [0.15, 0.2) is 0 Å². The molecular weight excluding hydrogens is 318 g/mol. The fraction of sp³-hybridized carbons (Fsp3) is 0.350. The van der Waals surface area contributed by atoms with E-state index >= 15 is 0 Å². The number of hydrogen-bond acceptors (Lipinski definition) is 3. The average molecular weight is 341 g/mol. The molecule has 0 aromatic heterocycles. The van der Waals surface area contributed by atoms with Gasteiger partial charge in [0.2, 0.25) is 0 Å². The van der Waals surface area contributed by atoms with E-state index in [9.17, 15) is 0 Å². The Morgan fingerprint density at radius 3 is 2.42 bits per heavy atom. The first-order chi connectivity index (χ1) is 11.4. The third-order valence-corrected chi connectivity index (χ3v) is 4.12. The van der Waals surface area contributed by atoms with Crippen LogP contribution in [-0.4, -0.2) is 23.7 Å². The molecule has 2 rings (SSSR count). The molecule has 1 unspecified atom stereocenters. The number of nitrogens with one attached hydrogen (secondary N) is 1. The second kappa shape index (κ2) is 7.55. The molecule has 0 aliphatic carbocycles. The summed E-state index contributed by atoms with van der Waals surface area (Å²) in [7, 11) is 1.66. The van der Waals surface area contributed by atoms with Crippen LogP contribution in [0.25, 0.3) is 10.8 Å². The molecular formula is C20H23NO2S. The maximum absolute atomic E-state index is 6.08. The number of ether oxygens (including phenoxy) is 2. The van der Waals surface area contributed by atoms with Gasteiger partial charge in [-0.3, -0.25) is 0 Å². The normalized spacial score (nSPS) is 12.3. The summed E-state index contributed by atoms with van der Waals surface area (Å²) in [5.74, 6) is 4.27. The predicted molar refractivity (Wildman–Crippen MR) is 104 cm³/mol. The second-order valence-electron chi connectivity index (χ2n) is 6.15. The first-order valence-electron chi connectivity index (χ1n) is 7.93. The van der Waals surface area contributed by atoms with Gasteiger partial charge in [-0.05, 0) is 55.3 Å². The van der Waals surface area contributed by atoms with Crippen molar-refractivity contribution in [1.82, 2.24) is 5.32 Å². The van der Waals surface area contributed by atoms with Crippen molar-refractivity contribution in [3.8, 4) is 23.8 Å². The third-order valence-electron chi connectivity index (χ3n) is 3.76. The molecule has 24 heavy (non-hydrogen) atoms. The largest absolute Gasteiger partial charge is 0.497 e. The van der Waals surface area contributed by atoms with Crippen molar-refractivity contribution in [3.63, 3.8) is 0 Å². The number of benzene rings is 2. The summed E-state index contributed by atoms with van der Waals surface area (Å²) in [6.07, 6.45) is 6.04. The number of methoxy groups -OCH3 is 1. The van der Waals surface area contributed by atoms with Crippen LogP contribution in [0.5, 0.6) is 11.5 Å². The van der Waals surface area contributed by atoms with E-state index in [1.807, 2.05) is 57.2 Å². The molecule has 0 radical (unpaired) electrons. The van der Waals surface area contributed by atoms with Crippen molar-refractivity contribution in [3.05, 3.63) is 36.4 Å². The smallest absolute Gasteiger partial charge is 0.148 e. The Kier molecular flexibility index (Phi) is 5.69. The lowest BCUT2D eigenvalue weighted by Crippen LogP contribution is -2.47. The minimum absolute atomic E-state index is 0.226. The van der Waals surface area contributed by atoms with Gasteiger partial charge in [-0.25, -0.2) is 0 Å². The zero-order chi connectivity index (χ0) is 17.7. The van der Waals surface area contributed by atoms with E-state index in [0.717, 1.165) is 28.7 Å². The monoisotopic (exact) mass is 341 g/mol. The molecule has 0 amide bonds. The molecule has 0 fully saturated rings. The Hall–Kier alpha value is -2.25. The summed E-state index contributed by atoms with van der Waals surface area (Å²) in [4.78, 5) is 0.617. The van der Waals surface area contributed by atoms with Gasteiger partial charge >= 0.3 is 0 Å². The Labute approximate surface area is 149 Å². The standard InChI is InChI=1S/C20H23NO2S/c1-6-18(19(24)21-20(3,4)7-2)23-17-11-9-14-8-10-16(22-5)12-15(14)13-17/h2,8-13,18H,6H2,1,3-5H3,(H,21,24). The molecule has 1 N–H and O–H groups in total. The van der Waals surface area contributed by atoms with E-state index in [0.29, 0.717) is 4.99 Å². The van der Waals surface area contributed by atoms with Crippen LogP contribution in [0.1, 0.15) is 27.2 Å². The van der Waals surface area contributed by atoms with E-state index < -0.39 is 5.54 Å². The van der Waals surface area contributed by atoms with Gasteiger partial charge in [0.05, 0.1) is 12.6 Å². The molecule has 2 aromatic rings. The van der Waals surface area contributed by atoms with Crippen molar-refractivity contribution in [2.45, 2.75) is 38.8 Å². The van der Waals surface area contributed by atoms with Gasteiger partial charge in [0.1, 0.15) is 22.6 Å². The maximum Gasteiger partial charge on any atom is 0.148 e. The fourth-order valence-corrected chi connectivity index (χ4v) is 2.78. The topological polar surface area (TPSA) is 30.5 Å². The molecule has 126 valence electrons. The van der Waals surface area contributed by atoms with Gasteiger partial charge in [0, 0.05) is 0 Å². The molecule has 0 bridgehead atoms. The molecule has 4 heteroatoms. The second-order valence-corrected chi connectivity index (χ2v) is 6.59. The number of fused-ring (bicyclic) bond motifs is 1. The highest BCUT2D eigenvalue weighted by molar-refractivity contribution is 7.80. The summed E-state index contributed by atoms with van der Waals surface area (Å²) >= 11 is 5.47. The summed E-state index contributed by atoms with van der Waals surface area (Å²) < 4.78 is 11.4. The Morgan fingerprint density at radius 2 is 1.83 bits per heavy atom. The quantitative estimate of drug-likeness (QED) is 0.626. The van der Waals surface area contributed by atoms with Crippen LogP contribution in [0.3, 0.4) is 0 Å². The Morgan fingerprint density at radius 1 is 1.21 bits per heavy atom. The van der Waals surface area contributed by atoms with Crippen molar-refractivity contribution in [2.24, 2.45) is 0 Å². The van der Waals surface area contributed by atoms with Crippen molar-refractivity contribution < 1.29 is 9.47 Å². The SMILES string of the molecule is C#CC(C)(C)NC(=S)C(CC)Oc1ccc2ccc(OC)cc2c1. The molecule has 0 saturated heterocycles. The lowest BCUT2D eigenvalue weighted by Gasteiger charge is -2.26.